The van der Waals surface area contributed by atoms with Crippen molar-refractivity contribution < 1.29 is 22.0 Å². The minimum absolute atomic E-state index is 0.292. The zero-order valence-electron chi connectivity index (χ0n) is 9.23. The Kier molecular flexibility index (Phi) is 3.49. The van der Waals surface area contributed by atoms with E-state index in [4.69, 9.17) is 11.6 Å². The van der Waals surface area contributed by atoms with Crippen LogP contribution in [0.1, 0.15) is 5.56 Å². The van der Waals surface area contributed by atoms with Crippen molar-refractivity contribution in [3.05, 3.63) is 58.6 Å². The molecule has 2 aromatic carbocycles. The second-order valence-electron chi connectivity index (χ2n) is 3.76. The first kappa shape index (κ1) is 13.8. The summed E-state index contributed by atoms with van der Waals surface area (Å²) in [5.74, 6) is -2.59. The van der Waals surface area contributed by atoms with Crippen LogP contribution in [0, 0.1) is 11.6 Å². The highest BCUT2D eigenvalue weighted by Gasteiger charge is 2.35. The zero-order chi connectivity index (χ0) is 14.2. The summed E-state index contributed by atoms with van der Waals surface area (Å²) < 4.78 is 65.4. The second-order valence-corrected chi connectivity index (χ2v) is 4.17. The minimum atomic E-state index is -4.71. The van der Waals surface area contributed by atoms with Crippen LogP contribution in [0.3, 0.4) is 0 Å². The maximum absolute atomic E-state index is 13.6. The van der Waals surface area contributed by atoms with Crippen LogP contribution in [-0.2, 0) is 6.18 Å². The molecule has 0 radical (unpaired) electrons. The Hall–Kier alpha value is -1.62. The molecule has 0 aliphatic rings. The van der Waals surface area contributed by atoms with Gasteiger partial charge >= 0.3 is 6.18 Å². The van der Waals surface area contributed by atoms with Gasteiger partial charge in [0, 0.05) is 16.1 Å². The molecule has 0 saturated carbocycles. The topological polar surface area (TPSA) is 0 Å². The van der Waals surface area contributed by atoms with E-state index in [1.54, 1.807) is 0 Å². The number of benzene rings is 2. The number of hydrogen-bond acceptors (Lipinski definition) is 0. The van der Waals surface area contributed by atoms with E-state index < -0.39 is 34.5 Å². The highest BCUT2D eigenvalue weighted by Crippen LogP contribution is 2.41. The third-order valence-corrected chi connectivity index (χ3v) is 2.85. The lowest BCUT2D eigenvalue weighted by Gasteiger charge is -2.15. The van der Waals surface area contributed by atoms with Crippen LogP contribution >= 0.6 is 11.6 Å². The highest BCUT2D eigenvalue weighted by atomic mass is 35.5. The number of rotatable bonds is 1. The standard InChI is InChI=1S/C13H6ClF5/c14-9-5-2-4-8(13(17,18)19)11(9)7-3-1-6-10(15)12(7)16/h1-6H. The van der Waals surface area contributed by atoms with Gasteiger partial charge < -0.3 is 0 Å². The predicted octanol–water partition coefficient (Wildman–Crippen LogP) is 5.30. The van der Waals surface area contributed by atoms with Gasteiger partial charge in [0.25, 0.3) is 0 Å². The van der Waals surface area contributed by atoms with Crippen molar-refractivity contribution in [1.29, 1.82) is 0 Å². The molecule has 100 valence electrons. The predicted molar refractivity (Wildman–Crippen MR) is 61.8 cm³/mol. The molecule has 0 saturated heterocycles. The molecule has 0 bridgehead atoms. The number of hydrogen-bond donors (Lipinski definition) is 0. The van der Waals surface area contributed by atoms with Gasteiger partial charge in [-0.05, 0) is 18.2 Å². The van der Waals surface area contributed by atoms with E-state index in [0.717, 1.165) is 30.3 Å². The third kappa shape index (κ3) is 2.56. The molecule has 6 heteroatoms. The molecule has 0 amide bonds. The minimum Gasteiger partial charge on any atom is -0.204 e. The monoisotopic (exact) mass is 292 g/mol. The first-order chi connectivity index (χ1) is 8.82. The molecule has 0 heterocycles. The van der Waals surface area contributed by atoms with Crippen LogP contribution in [0.25, 0.3) is 11.1 Å². The van der Waals surface area contributed by atoms with E-state index in [1.807, 2.05) is 0 Å². The van der Waals surface area contributed by atoms with Gasteiger partial charge in [-0.1, -0.05) is 29.8 Å². The molecule has 2 aromatic rings. The summed E-state index contributed by atoms with van der Waals surface area (Å²) in [5, 5.41) is -0.292. The number of halogens is 6. The maximum atomic E-state index is 13.6. The summed E-state index contributed by atoms with van der Waals surface area (Å²) in [5.41, 5.74) is -2.18. The molecule has 19 heavy (non-hydrogen) atoms. The molecular formula is C13H6ClF5. The summed E-state index contributed by atoms with van der Waals surface area (Å²) in [6, 6.07) is 6.06. The van der Waals surface area contributed by atoms with Crippen LogP contribution < -0.4 is 0 Å². The van der Waals surface area contributed by atoms with E-state index >= 15 is 0 Å². The Morgan fingerprint density at radius 3 is 2.16 bits per heavy atom. The van der Waals surface area contributed by atoms with Gasteiger partial charge in [-0.15, -0.1) is 0 Å². The molecule has 0 N–H and O–H groups in total. The van der Waals surface area contributed by atoms with Crippen molar-refractivity contribution in [1.82, 2.24) is 0 Å². The van der Waals surface area contributed by atoms with Gasteiger partial charge in [-0.25, -0.2) is 8.78 Å². The fourth-order valence-electron chi connectivity index (χ4n) is 1.73. The van der Waals surface area contributed by atoms with Gasteiger partial charge in [0.1, 0.15) is 0 Å². The summed E-state index contributed by atoms with van der Waals surface area (Å²) in [7, 11) is 0. The van der Waals surface area contributed by atoms with Gasteiger partial charge in [-0.3, -0.25) is 0 Å². The van der Waals surface area contributed by atoms with Crippen LogP contribution in [0.15, 0.2) is 36.4 Å². The van der Waals surface area contributed by atoms with Gasteiger partial charge in [0.05, 0.1) is 5.56 Å². The molecular weight excluding hydrogens is 287 g/mol. The van der Waals surface area contributed by atoms with Crippen LogP contribution in [0.5, 0.6) is 0 Å². The lowest BCUT2D eigenvalue weighted by atomic mass is 9.98. The average molecular weight is 293 g/mol. The summed E-state index contributed by atoms with van der Waals surface area (Å²) >= 11 is 5.71. The average Bonchev–Trinajstić information content (AvgIpc) is 2.32. The molecule has 0 atom stereocenters. The largest absolute Gasteiger partial charge is 0.417 e. The Bertz CT molecular complexity index is 619. The molecule has 0 nitrogen and oxygen atoms in total. The lowest BCUT2D eigenvalue weighted by Crippen LogP contribution is -2.08. The first-order valence-corrected chi connectivity index (χ1v) is 5.50. The quantitative estimate of drug-likeness (QED) is 0.625. The summed E-state index contributed by atoms with van der Waals surface area (Å²) in [4.78, 5) is 0. The molecule has 2 rings (SSSR count). The van der Waals surface area contributed by atoms with Crippen molar-refractivity contribution in [2.45, 2.75) is 6.18 Å². The van der Waals surface area contributed by atoms with E-state index in [1.165, 1.54) is 6.07 Å². The fraction of sp³-hybridized carbons (Fsp3) is 0.0769. The fourth-order valence-corrected chi connectivity index (χ4v) is 2.01. The Balaban J connectivity index is 2.79. The normalized spacial score (nSPS) is 11.7. The van der Waals surface area contributed by atoms with Crippen LogP contribution in [0.4, 0.5) is 22.0 Å². The van der Waals surface area contributed by atoms with Gasteiger partial charge in [-0.2, -0.15) is 13.2 Å². The van der Waals surface area contributed by atoms with E-state index in [0.29, 0.717) is 0 Å². The van der Waals surface area contributed by atoms with Crippen molar-refractivity contribution in [2.75, 3.05) is 0 Å². The molecule has 0 aromatic heterocycles. The van der Waals surface area contributed by atoms with Crippen molar-refractivity contribution >= 4 is 11.6 Å². The Morgan fingerprint density at radius 1 is 0.895 bits per heavy atom. The number of alkyl halides is 3. The summed E-state index contributed by atoms with van der Waals surface area (Å²) in [6.07, 6.45) is -4.71. The van der Waals surface area contributed by atoms with Gasteiger partial charge in [0.15, 0.2) is 11.6 Å². The first-order valence-electron chi connectivity index (χ1n) is 5.12. The zero-order valence-corrected chi connectivity index (χ0v) is 9.99. The molecule has 0 unspecified atom stereocenters. The third-order valence-electron chi connectivity index (χ3n) is 2.54. The molecule has 0 spiro atoms. The SMILES string of the molecule is Fc1cccc(-c2c(Cl)cccc2C(F)(F)F)c1F. The van der Waals surface area contributed by atoms with Crippen molar-refractivity contribution in [3.8, 4) is 11.1 Å². The van der Waals surface area contributed by atoms with Crippen LogP contribution in [-0.4, -0.2) is 0 Å². The van der Waals surface area contributed by atoms with Crippen molar-refractivity contribution in [3.63, 3.8) is 0 Å². The molecule has 0 aliphatic heterocycles. The maximum Gasteiger partial charge on any atom is 0.417 e. The smallest absolute Gasteiger partial charge is 0.204 e. The van der Waals surface area contributed by atoms with E-state index in [9.17, 15) is 22.0 Å². The Morgan fingerprint density at radius 2 is 1.53 bits per heavy atom. The Labute approximate surface area is 110 Å². The lowest BCUT2D eigenvalue weighted by molar-refractivity contribution is -0.137. The van der Waals surface area contributed by atoms with Gasteiger partial charge in [0.2, 0.25) is 0 Å². The second kappa shape index (κ2) is 4.81. The summed E-state index contributed by atoms with van der Waals surface area (Å²) in [6.45, 7) is 0. The van der Waals surface area contributed by atoms with Crippen LogP contribution in [0.2, 0.25) is 5.02 Å². The highest BCUT2D eigenvalue weighted by molar-refractivity contribution is 6.33. The van der Waals surface area contributed by atoms with Crippen molar-refractivity contribution in [2.24, 2.45) is 0 Å². The van der Waals surface area contributed by atoms with E-state index in [2.05, 4.69) is 0 Å². The molecule has 0 fully saturated rings. The van der Waals surface area contributed by atoms with E-state index in [-0.39, 0.29) is 5.02 Å². The molecule has 0 aliphatic carbocycles.